The average molecular weight is 440 g/mol. The number of hydrogen-bond acceptors (Lipinski definition) is 3. The Morgan fingerprint density at radius 2 is 1.48 bits per heavy atom. The molecule has 4 aromatic rings. The van der Waals surface area contributed by atoms with Crippen molar-refractivity contribution >= 4 is 49.8 Å². The Labute approximate surface area is 193 Å². The molecule has 2 amide bonds. The van der Waals surface area contributed by atoms with Crippen molar-refractivity contribution in [2.45, 2.75) is 38.1 Å². The van der Waals surface area contributed by atoms with Gasteiger partial charge in [0, 0.05) is 17.5 Å². The van der Waals surface area contributed by atoms with Gasteiger partial charge in [-0.15, -0.1) is 0 Å². The smallest absolute Gasteiger partial charge is 0.234 e. The lowest BCUT2D eigenvalue weighted by Gasteiger charge is -2.24. The van der Waals surface area contributed by atoms with Crippen molar-refractivity contribution in [2.75, 3.05) is 18.4 Å². The van der Waals surface area contributed by atoms with Crippen molar-refractivity contribution < 1.29 is 9.59 Å². The second kappa shape index (κ2) is 9.20. The van der Waals surface area contributed by atoms with E-state index >= 15 is 0 Å². The van der Waals surface area contributed by atoms with Crippen molar-refractivity contribution in [3.05, 3.63) is 66.7 Å². The van der Waals surface area contributed by atoms with E-state index in [1.165, 1.54) is 21.5 Å². The number of nitrogens with zero attached hydrogens (tertiary/aromatic N) is 1. The molecular weight excluding hydrogens is 410 g/mol. The van der Waals surface area contributed by atoms with Crippen LogP contribution in [0.25, 0.3) is 32.3 Å². The topological polar surface area (TPSA) is 75.4 Å². The van der Waals surface area contributed by atoms with Gasteiger partial charge >= 0.3 is 0 Å². The quantitative estimate of drug-likeness (QED) is 0.389. The van der Waals surface area contributed by atoms with Crippen molar-refractivity contribution in [1.29, 1.82) is 0 Å². The van der Waals surface area contributed by atoms with Crippen LogP contribution in [0.2, 0.25) is 0 Å². The van der Waals surface area contributed by atoms with Crippen LogP contribution in [-0.2, 0) is 9.59 Å². The second-order valence-corrected chi connectivity index (χ2v) is 8.95. The summed E-state index contributed by atoms with van der Waals surface area (Å²) in [5, 5.41) is 10.1. The molecule has 5 heteroatoms. The van der Waals surface area contributed by atoms with Crippen LogP contribution in [0.1, 0.15) is 32.1 Å². The van der Waals surface area contributed by atoms with Crippen LogP contribution in [0.15, 0.2) is 66.7 Å². The highest BCUT2D eigenvalue weighted by Gasteiger charge is 2.26. The summed E-state index contributed by atoms with van der Waals surface area (Å²) in [7, 11) is 0. The van der Waals surface area contributed by atoms with Gasteiger partial charge in [-0.05, 0) is 71.8 Å². The summed E-state index contributed by atoms with van der Waals surface area (Å²) in [4.78, 5) is 26.7. The molecule has 0 bridgehead atoms. The van der Waals surface area contributed by atoms with Crippen molar-refractivity contribution in [3.63, 3.8) is 0 Å². The van der Waals surface area contributed by atoms with E-state index in [0.29, 0.717) is 19.3 Å². The van der Waals surface area contributed by atoms with E-state index in [4.69, 9.17) is 5.73 Å². The molecule has 1 fully saturated rings. The molecule has 0 aromatic heterocycles. The fourth-order valence-electron chi connectivity index (χ4n) is 5.19. The molecule has 168 valence electrons. The molecule has 1 saturated heterocycles. The molecule has 3 N–H and O–H groups in total. The number of nitrogens with two attached hydrogens (primary N) is 1. The summed E-state index contributed by atoms with van der Waals surface area (Å²) in [6.45, 7) is 1.83. The molecule has 1 aliphatic heterocycles. The highest BCUT2D eigenvalue weighted by Crippen LogP contribution is 2.34. The summed E-state index contributed by atoms with van der Waals surface area (Å²) in [5.74, 6) is -0.323. The Morgan fingerprint density at radius 3 is 2.30 bits per heavy atom. The maximum absolute atomic E-state index is 12.7. The van der Waals surface area contributed by atoms with E-state index in [0.717, 1.165) is 42.4 Å². The minimum Gasteiger partial charge on any atom is -0.368 e. The van der Waals surface area contributed by atoms with Crippen LogP contribution in [-0.4, -0.2) is 35.8 Å². The number of likely N-dealkylation sites (tertiary alicyclic amines) is 1. The molecule has 5 rings (SSSR count). The van der Waals surface area contributed by atoms with E-state index in [2.05, 4.69) is 64.8 Å². The molecule has 5 nitrogen and oxygen atoms in total. The monoisotopic (exact) mass is 439 g/mol. The van der Waals surface area contributed by atoms with Crippen molar-refractivity contribution in [3.8, 4) is 0 Å². The lowest BCUT2D eigenvalue weighted by atomic mass is 9.96. The first-order valence-corrected chi connectivity index (χ1v) is 11.8. The van der Waals surface area contributed by atoms with Gasteiger partial charge in [0.05, 0.1) is 6.04 Å². The predicted octanol–water partition coefficient (Wildman–Crippen LogP) is 5.20. The third-order valence-corrected chi connectivity index (χ3v) is 6.85. The summed E-state index contributed by atoms with van der Waals surface area (Å²) in [6.07, 6.45) is 3.84. The molecule has 0 spiro atoms. The van der Waals surface area contributed by atoms with E-state index < -0.39 is 0 Å². The number of nitrogens with one attached hydrogen (secondary N) is 1. The van der Waals surface area contributed by atoms with E-state index in [1.54, 1.807) is 0 Å². The Morgan fingerprint density at radius 1 is 0.818 bits per heavy atom. The van der Waals surface area contributed by atoms with E-state index in [-0.39, 0.29) is 17.9 Å². The first kappa shape index (κ1) is 21.4. The second-order valence-electron chi connectivity index (χ2n) is 8.95. The van der Waals surface area contributed by atoms with Crippen LogP contribution in [0.3, 0.4) is 0 Å². The molecule has 4 aromatic carbocycles. The van der Waals surface area contributed by atoms with Gasteiger partial charge in [0.25, 0.3) is 0 Å². The zero-order chi connectivity index (χ0) is 22.8. The number of benzene rings is 4. The average Bonchev–Trinajstić information content (AvgIpc) is 3.36. The van der Waals surface area contributed by atoms with Crippen LogP contribution < -0.4 is 11.1 Å². The third-order valence-electron chi connectivity index (χ3n) is 6.85. The predicted molar refractivity (Wildman–Crippen MR) is 135 cm³/mol. The summed E-state index contributed by atoms with van der Waals surface area (Å²) in [5.41, 5.74) is 6.44. The number of hydrogen-bond donors (Lipinski definition) is 2. The standard InChI is InChI=1S/C28H29N3O2/c29-28(33)26(31-17-3-4-18-31)11-6-12-27(32)30-25-10-5-9-21-23-14-13-19-7-1-2-8-20(19)22(23)15-16-24(21)25/h1-2,5,7-10,13-16,26H,3-4,6,11-12,17-18H2,(H2,29,33)(H,30,32). The molecule has 1 unspecified atom stereocenters. The third kappa shape index (κ3) is 4.29. The van der Waals surface area contributed by atoms with Crippen LogP contribution >= 0.6 is 0 Å². The highest BCUT2D eigenvalue weighted by molar-refractivity contribution is 6.19. The summed E-state index contributed by atoms with van der Waals surface area (Å²) in [6, 6.07) is 22.7. The number of carbonyl (C=O) groups excluding carboxylic acids is 2. The molecule has 1 atom stereocenters. The zero-order valence-electron chi connectivity index (χ0n) is 18.7. The maximum atomic E-state index is 12.7. The summed E-state index contributed by atoms with van der Waals surface area (Å²) >= 11 is 0. The lowest BCUT2D eigenvalue weighted by molar-refractivity contribution is -0.123. The Hall–Kier alpha value is -3.44. The highest BCUT2D eigenvalue weighted by atomic mass is 16.2. The fourth-order valence-corrected chi connectivity index (χ4v) is 5.19. The summed E-state index contributed by atoms with van der Waals surface area (Å²) < 4.78 is 0. The number of fused-ring (bicyclic) bond motifs is 5. The van der Waals surface area contributed by atoms with Crippen LogP contribution in [0.5, 0.6) is 0 Å². The van der Waals surface area contributed by atoms with Gasteiger partial charge in [0.2, 0.25) is 11.8 Å². The molecule has 0 radical (unpaired) electrons. The molecule has 33 heavy (non-hydrogen) atoms. The van der Waals surface area contributed by atoms with Gasteiger partial charge in [-0.2, -0.15) is 0 Å². The Kier molecular flexibility index (Phi) is 5.97. The molecular formula is C28H29N3O2. The Bertz CT molecular complexity index is 1340. The number of rotatable bonds is 7. The van der Waals surface area contributed by atoms with Crippen molar-refractivity contribution in [2.24, 2.45) is 5.73 Å². The van der Waals surface area contributed by atoms with Gasteiger partial charge in [0.1, 0.15) is 0 Å². The van der Waals surface area contributed by atoms with E-state index in [1.807, 2.05) is 12.1 Å². The van der Waals surface area contributed by atoms with Crippen LogP contribution in [0.4, 0.5) is 5.69 Å². The first-order chi connectivity index (χ1) is 16.1. The van der Waals surface area contributed by atoms with Gasteiger partial charge in [0.15, 0.2) is 0 Å². The van der Waals surface area contributed by atoms with Gasteiger partial charge < -0.3 is 11.1 Å². The van der Waals surface area contributed by atoms with Gasteiger partial charge in [-0.1, -0.05) is 60.7 Å². The minimum atomic E-state index is -0.286. The van der Waals surface area contributed by atoms with Crippen LogP contribution in [0, 0.1) is 0 Å². The number of carbonyl (C=O) groups is 2. The van der Waals surface area contributed by atoms with E-state index in [9.17, 15) is 9.59 Å². The minimum absolute atomic E-state index is 0.0363. The SMILES string of the molecule is NC(=O)C(CCCC(=O)Nc1cccc2c1ccc1c3ccccc3ccc21)N1CCCC1. The number of amides is 2. The Balaban J connectivity index is 1.33. The maximum Gasteiger partial charge on any atom is 0.234 e. The van der Waals surface area contributed by atoms with Crippen molar-refractivity contribution in [1.82, 2.24) is 4.90 Å². The number of anilines is 1. The largest absolute Gasteiger partial charge is 0.368 e. The van der Waals surface area contributed by atoms with Gasteiger partial charge in [-0.25, -0.2) is 0 Å². The number of primary amides is 1. The normalized spacial score (nSPS) is 15.3. The van der Waals surface area contributed by atoms with Gasteiger partial charge in [-0.3, -0.25) is 14.5 Å². The fraction of sp³-hybridized carbons (Fsp3) is 0.286. The first-order valence-electron chi connectivity index (χ1n) is 11.8. The molecule has 0 saturated carbocycles. The molecule has 1 aliphatic rings. The molecule has 0 aliphatic carbocycles. The molecule has 1 heterocycles. The lowest BCUT2D eigenvalue weighted by Crippen LogP contribution is -2.43. The zero-order valence-corrected chi connectivity index (χ0v) is 18.7.